The summed E-state index contributed by atoms with van der Waals surface area (Å²) in [5.41, 5.74) is -0.744. The molecule has 7 heteroatoms. The molecule has 1 aromatic carbocycles. The Balaban J connectivity index is 1.40. The SMILES string of the molecule is O=C(c1ccc(Cl)c(Cl)c1)N1CCC(F)(CCCCOc2ccccn2)CC1. The third kappa shape index (κ3) is 5.58. The van der Waals surface area contributed by atoms with Crippen molar-refractivity contribution in [2.75, 3.05) is 19.7 Å². The maximum atomic E-state index is 15.0. The van der Waals surface area contributed by atoms with Gasteiger partial charge in [0.1, 0.15) is 5.67 Å². The van der Waals surface area contributed by atoms with Crippen LogP contribution in [-0.4, -0.2) is 41.2 Å². The first-order chi connectivity index (χ1) is 13.5. The molecule has 0 bridgehead atoms. The molecule has 2 aromatic rings. The smallest absolute Gasteiger partial charge is 0.253 e. The summed E-state index contributed by atoms with van der Waals surface area (Å²) in [6, 6.07) is 10.3. The summed E-state index contributed by atoms with van der Waals surface area (Å²) in [4.78, 5) is 18.4. The zero-order valence-electron chi connectivity index (χ0n) is 15.5. The van der Waals surface area contributed by atoms with E-state index in [1.165, 1.54) is 0 Å². The average Bonchev–Trinajstić information content (AvgIpc) is 2.71. The number of hydrogen-bond acceptors (Lipinski definition) is 3. The van der Waals surface area contributed by atoms with Crippen LogP contribution in [0, 0.1) is 0 Å². The Labute approximate surface area is 174 Å². The van der Waals surface area contributed by atoms with Gasteiger partial charge in [0.15, 0.2) is 0 Å². The Morgan fingerprint density at radius 3 is 2.61 bits per heavy atom. The van der Waals surface area contributed by atoms with Gasteiger partial charge in [-0.25, -0.2) is 9.37 Å². The fourth-order valence-electron chi connectivity index (χ4n) is 3.33. The van der Waals surface area contributed by atoms with E-state index in [1.807, 2.05) is 12.1 Å². The number of piperidine rings is 1. The molecule has 0 saturated carbocycles. The summed E-state index contributed by atoms with van der Waals surface area (Å²) >= 11 is 11.9. The Hall–Kier alpha value is -1.85. The van der Waals surface area contributed by atoms with Crippen molar-refractivity contribution in [3.05, 3.63) is 58.2 Å². The van der Waals surface area contributed by atoms with Crippen molar-refractivity contribution in [1.29, 1.82) is 0 Å². The van der Waals surface area contributed by atoms with E-state index in [4.69, 9.17) is 27.9 Å². The first kappa shape index (κ1) is 20.9. The highest BCUT2D eigenvalue weighted by Gasteiger charge is 2.35. The number of ether oxygens (including phenoxy) is 1. The second kappa shape index (κ2) is 9.57. The Kier molecular flexibility index (Phi) is 7.13. The topological polar surface area (TPSA) is 42.4 Å². The Morgan fingerprint density at radius 2 is 1.93 bits per heavy atom. The molecule has 150 valence electrons. The second-order valence-corrected chi connectivity index (χ2v) is 7.86. The molecular formula is C21H23Cl2FN2O2. The Bertz CT molecular complexity index is 796. The van der Waals surface area contributed by atoms with Crippen LogP contribution >= 0.6 is 23.2 Å². The quantitative estimate of drug-likeness (QED) is 0.544. The predicted octanol–water partition coefficient (Wildman–Crippen LogP) is 5.58. The van der Waals surface area contributed by atoms with Gasteiger partial charge in [-0.15, -0.1) is 0 Å². The number of pyridine rings is 1. The number of rotatable bonds is 7. The molecule has 1 aliphatic heterocycles. The van der Waals surface area contributed by atoms with Crippen molar-refractivity contribution >= 4 is 29.1 Å². The van der Waals surface area contributed by atoms with E-state index in [9.17, 15) is 4.79 Å². The summed E-state index contributed by atoms with van der Waals surface area (Å²) in [6.07, 6.45) is 4.37. The van der Waals surface area contributed by atoms with Gasteiger partial charge in [-0.2, -0.15) is 0 Å². The highest BCUT2D eigenvalue weighted by molar-refractivity contribution is 6.42. The normalized spacial score (nSPS) is 16.0. The van der Waals surface area contributed by atoms with Crippen molar-refractivity contribution < 1.29 is 13.9 Å². The summed E-state index contributed by atoms with van der Waals surface area (Å²) in [6.45, 7) is 1.33. The van der Waals surface area contributed by atoms with Crippen molar-refractivity contribution in [1.82, 2.24) is 9.88 Å². The first-order valence-electron chi connectivity index (χ1n) is 9.44. The summed E-state index contributed by atoms with van der Waals surface area (Å²) < 4.78 is 20.6. The highest BCUT2D eigenvalue weighted by atomic mass is 35.5. The molecule has 2 heterocycles. The van der Waals surface area contributed by atoms with Crippen LogP contribution in [0.1, 0.15) is 42.5 Å². The number of likely N-dealkylation sites (tertiary alicyclic amines) is 1. The van der Waals surface area contributed by atoms with Crippen molar-refractivity contribution in [3.8, 4) is 5.88 Å². The standard InChI is InChI=1S/C21H23Cl2FN2O2/c22-17-7-6-16(15-18(17)23)20(27)26-12-9-21(24,10-13-26)8-2-4-14-28-19-5-1-3-11-25-19/h1,3,5-7,11,15H,2,4,8-10,12-14H2. The van der Waals surface area contributed by atoms with Gasteiger partial charge in [0.05, 0.1) is 16.7 Å². The van der Waals surface area contributed by atoms with Crippen molar-refractivity contribution in [2.24, 2.45) is 0 Å². The summed E-state index contributed by atoms with van der Waals surface area (Å²) in [5, 5.41) is 0.754. The number of halogens is 3. The molecule has 1 saturated heterocycles. The molecule has 0 unspecified atom stereocenters. The Morgan fingerprint density at radius 1 is 1.14 bits per heavy atom. The molecule has 4 nitrogen and oxygen atoms in total. The van der Waals surface area contributed by atoms with Crippen LogP contribution in [0.15, 0.2) is 42.6 Å². The van der Waals surface area contributed by atoms with E-state index in [-0.39, 0.29) is 5.91 Å². The monoisotopic (exact) mass is 424 g/mol. The predicted molar refractivity (Wildman–Crippen MR) is 109 cm³/mol. The lowest BCUT2D eigenvalue weighted by molar-refractivity contribution is 0.0382. The highest BCUT2D eigenvalue weighted by Crippen LogP contribution is 2.32. The lowest BCUT2D eigenvalue weighted by Crippen LogP contribution is -2.44. The number of benzene rings is 1. The number of carbonyl (C=O) groups is 1. The molecule has 1 aromatic heterocycles. The largest absolute Gasteiger partial charge is 0.478 e. The minimum Gasteiger partial charge on any atom is -0.478 e. The third-order valence-corrected chi connectivity index (χ3v) is 5.76. The van der Waals surface area contributed by atoms with E-state index in [2.05, 4.69) is 4.98 Å². The maximum absolute atomic E-state index is 15.0. The minimum atomic E-state index is -1.22. The van der Waals surface area contributed by atoms with Gasteiger partial charge in [-0.3, -0.25) is 4.79 Å². The number of carbonyl (C=O) groups excluding carboxylic acids is 1. The molecule has 1 amide bonds. The van der Waals surface area contributed by atoms with Crippen LogP contribution in [0.5, 0.6) is 5.88 Å². The van der Waals surface area contributed by atoms with Crippen molar-refractivity contribution in [2.45, 2.75) is 37.8 Å². The zero-order chi connectivity index (χ0) is 20.0. The van der Waals surface area contributed by atoms with E-state index in [1.54, 1.807) is 35.4 Å². The second-order valence-electron chi connectivity index (χ2n) is 7.05. The van der Waals surface area contributed by atoms with Crippen LogP contribution in [0.3, 0.4) is 0 Å². The molecule has 3 rings (SSSR count). The minimum absolute atomic E-state index is 0.135. The van der Waals surface area contributed by atoms with Gasteiger partial charge in [0.25, 0.3) is 5.91 Å². The number of hydrogen-bond donors (Lipinski definition) is 0. The molecular weight excluding hydrogens is 402 g/mol. The lowest BCUT2D eigenvalue weighted by atomic mass is 9.88. The van der Waals surface area contributed by atoms with Crippen molar-refractivity contribution in [3.63, 3.8) is 0 Å². The molecule has 1 aliphatic rings. The van der Waals surface area contributed by atoms with Crippen LogP contribution in [0.4, 0.5) is 4.39 Å². The molecule has 0 radical (unpaired) electrons. The molecule has 0 N–H and O–H groups in total. The fraction of sp³-hybridized carbons (Fsp3) is 0.429. The van der Waals surface area contributed by atoms with E-state index in [0.717, 1.165) is 12.8 Å². The van der Waals surface area contributed by atoms with Crippen LogP contribution in [0.25, 0.3) is 0 Å². The van der Waals surface area contributed by atoms with Crippen LogP contribution in [0.2, 0.25) is 10.0 Å². The molecule has 0 spiro atoms. The zero-order valence-corrected chi connectivity index (χ0v) is 17.1. The number of amides is 1. The average molecular weight is 425 g/mol. The third-order valence-electron chi connectivity index (χ3n) is 5.02. The van der Waals surface area contributed by atoms with E-state index >= 15 is 4.39 Å². The van der Waals surface area contributed by atoms with Gasteiger partial charge in [-0.05, 0) is 56.4 Å². The fourth-order valence-corrected chi connectivity index (χ4v) is 3.62. The molecule has 0 atom stereocenters. The van der Waals surface area contributed by atoms with Gasteiger partial charge in [0, 0.05) is 30.9 Å². The maximum Gasteiger partial charge on any atom is 0.253 e. The van der Waals surface area contributed by atoms with Crippen LogP contribution in [-0.2, 0) is 0 Å². The van der Waals surface area contributed by atoms with Gasteiger partial charge >= 0.3 is 0 Å². The first-order valence-corrected chi connectivity index (χ1v) is 10.2. The van der Waals surface area contributed by atoms with Gasteiger partial charge in [0.2, 0.25) is 5.88 Å². The van der Waals surface area contributed by atoms with Crippen LogP contribution < -0.4 is 4.74 Å². The number of unbranched alkanes of at least 4 members (excludes halogenated alkanes) is 1. The number of nitrogens with zero attached hydrogens (tertiary/aromatic N) is 2. The van der Waals surface area contributed by atoms with E-state index in [0.29, 0.717) is 60.4 Å². The molecule has 1 fully saturated rings. The lowest BCUT2D eigenvalue weighted by Gasteiger charge is -2.36. The number of alkyl halides is 1. The number of aromatic nitrogens is 1. The summed E-state index contributed by atoms with van der Waals surface area (Å²) in [7, 11) is 0. The van der Waals surface area contributed by atoms with Gasteiger partial charge in [-0.1, -0.05) is 29.3 Å². The van der Waals surface area contributed by atoms with Gasteiger partial charge < -0.3 is 9.64 Å². The molecule has 28 heavy (non-hydrogen) atoms. The van der Waals surface area contributed by atoms with E-state index < -0.39 is 5.67 Å². The molecule has 0 aliphatic carbocycles. The summed E-state index contributed by atoms with van der Waals surface area (Å²) in [5.74, 6) is 0.455.